The molecule has 0 atom stereocenters. The fourth-order valence-electron chi connectivity index (χ4n) is 1.70. The van der Waals surface area contributed by atoms with E-state index in [9.17, 15) is 8.42 Å². The van der Waals surface area contributed by atoms with E-state index in [1.54, 1.807) is 6.07 Å². The first kappa shape index (κ1) is 16.1. The summed E-state index contributed by atoms with van der Waals surface area (Å²) in [5.41, 5.74) is 1.23. The number of rotatable bonds is 4. The molecule has 0 saturated carbocycles. The molecule has 5 nitrogen and oxygen atoms in total. The van der Waals surface area contributed by atoms with Crippen molar-refractivity contribution in [1.29, 1.82) is 0 Å². The second-order valence-electron chi connectivity index (χ2n) is 4.48. The lowest BCUT2D eigenvalue weighted by Crippen LogP contribution is -2.17. The number of hydrogen-bond acceptors (Lipinski definition) is 4. The first-order valence-corrected chi connectivity index (χ1v) is 8.56. The molecule has 0 fully saturated rings. The number of pyridine rings is 1. The van der Waals surface area contributed by atoms with Crippen LogP contribution in [0.15, 0.2) is 45.9 Å². The molecular weight excluding hydrogens is 378 g/mol. The van der Waals surface area contributed by atoms with Crippen LogP contribution in [0.25, 0.3) is 0 Å². The molecule has 0 radical (unpaired) electrons. The van der Waals surface area contributed by atoms with Gasteiger partial charge in [0.15, 0.2) is 0 Å². The molecule has 2 rings (SSSR count). The number of benzene rings is 1. The van der Waals surface area contributed by atoms with Crippen LogP contribution in [0.1, 0.15) is 0 Å². The molecule has 0 amide bonds. The molecule has 112 valence electrons. The minimum atomic E-state index is -3.72. The van der Waals surface area contributed by atoms with Crippen molar-refractivity contribution >= 4 is 48.9 Å². The van der Waals surface area contributed by atoms with Crippen LogP contribution >= 0.6 is 27.5 Å². The summed E-state index contributed by atoms with van der Waals surface area (Å²) < 4.78 is 28.1. The normalized spacial score (nSPS) is 11.2. The highest BCUT2D eigenvalue weighted by Crippen LogP contribution is 2.30. The molecular formula is C13H13BrClN3O2S. The van der Waals surface area contributed by atoms with E-state index in [4.69, 9.17) is 11.6 Å². The number of nitrogens with one attached hydrogen (secondary N) is 1. The predicted molar refractivity (Wildman–Crippen MR) is 88.5 cm³/mol. The molecule has 0 bridgehead atoms. The Morgan fingerprint density at radius 3 is 2.52 bits per heavy atom. The SMILES string of the molecule is CN(C)c1ccc(Br)cc1NS(=O)(=O)c1ccc(Cl)nc1. The second-order valence-corrected chi connectivity index (χ2v) is 7.46. The van der Waals surface area contributed by atoms with E-state index in [2.05, 4.69) is 25.6 Å². The molecule has 8 heteroatoms. The quantitative estimate of drug-likeness (QED) is 0.813. The van der Waals surface area contributed by atoms with Crippen molar-refractivity contribution in [3.63, 3.8) is 0 Å². The molecule has 0 saturated heterocycles. The van der Waals surface area contributed by atoms with E-state index in [-0.39, 0.29) is 10.0 Å². The molecule has 2 aromatic rings. The van der Waals surface area contributed by atoms with Crippen molar-refractivity contribution in [3.8, 4) is 0 Å². The summed E-state index contributed by atoms with van der Waals surface area (Å²) in [5.74, 6) is 0. The van der Waals surface area contributed by atoms with Gasteiger partial charge in [-0.25, -0.2) is 13.4 Å². The van der Waals surface area contributed by atoms with E-state index in [0.717, 1.165) is 10.2 Å². The average molecular weight is 391 g/mol. The predicted octanol–water partition coefficient (Wildman–Crippen LogP) is 3.36. The van der Waals surface area contributed by atoms with Crippen molar-refractivity contribution in [1.82, 2.24) is 4.98 Å². The molecule has 1 aromatic carbocycles. The van der Waals surface area contributed by atoms with Crippen molar-refractivity contribution < 1.29 is 8.42 Å². The number of nitrogens with zero attached hydrogens (tertiary/aromatic N) is 2. The van der Waals surface area contributed by atoms with Crippen LogP contribution in [0, 0.1) is 0 Å². The Balaban J connectivity index is 2.41. The van der Waals surface area contributed by atoms with Gasteiger partial charge in [0, 0.05) is 24.8 Å². The molecule has 1 aromatic heterocycles. The summed E-state index contributed by atoms with van der Waals surface area (Å²) >= 11 is 9.01. The summed E-state index contributed by atoms with van der Waals surface area (Å²) in [6.07, 6.45) is 1.22. The first-order chi connectivity index (χ1) is 9.79. The highest BCUT2D eigenvalue weighted by molar-refractivity contribution is 9.10. The molecule has 0 unspecified atom stereocenters. The highest BCUT2D eigenvalue weighted by Gasteiger charge is 2.17. The fraction of sp³-hybridized carbons (Fsp3) is 0.154. The topological polar surface area (TPSA) is 62.3 Å². The lowest BCUT2D eigenvalue weighted by molar-refractivity contribution is 0.601. The molecule has 0 aliphatic heterocycles. The van der Waals surface area contributed by atoms with Gasteiger partial charge in [-0.1, -0.05) is 27.5 Å². The van der Waals surface area contributed by atoms with Gasteiger partial charge in [-0.05, 0) is 30.3 Å². The Labute approximate surface area is 137 Å². The van der Waals surface area contributed by atoms with Gasteiger partial charge in [-0.3, -0.25) is 4.72 Å². The van der Waals surface area contributed by atoms with E-state index in [1.807, 2.05) is 31.1 Å². The summed E-state index contributed by atoms with van der Waals surface area (Å²) in [6, 6.07) is 8.21. The summed E-state index contributed by atoms with van der Waals surface area (Å²) in [7, 11) is -0.0452. The molecule has 0 aliphatic carbocycles. The van der Waals surface area contributed by atoms with Crippen LogP contribution in [-0.2, 0) is 10.0 Å². The maximum absolute atomic E-state index is 12.4. The molecule has 1 N–H and O–H groups in total. The zero-order valence-electron chi connectivity index (χ0n) is 11.3. The van der Waals surface area contributed by atoms with E-state index < -0.39 is 10.0 Å². The van der Waals surface area contributed by atoms with Crippen LogP contribution < -0.4 is 9.62 Å². The monoisotopic (exact) mass is 389 g/mol. The van der Waals surface area contributed by atoms with Crippen LogP contribution in [0.5, 0.6) is 0 Å². The summed E-state index contributed by atoms with van der Waals surface area (Å²) in [6.45, 7) is 0. The molecule has 21 heavy (non-hydrogen) atoms. The minimum absolute atomic E-state index is 0.0524. The van der Waals surface area contributed by atoms with E-state index in [0.29, 0.717) is 5.69 Å². The Morgan fingerprint density at radius 2 is 1.95 bits per heavy atom. The largest absolute Gasteiger partial charge is 0.376 e. The molecule has 0 aliphatic rings. The van der Waals surface area contributed by atoms with Crippen LogP contribution in [0.3, 0.4) is 0 Å². The smallest absolute Gasteiger partial charge is 0.263 e. The maximum Gasteiger partial charge on any atom is 0.263 e. The van der Waals surface area contributed by atoms with Crippen LogP contribution in [0.2, 0.25) is 5.15 Å². The number of hydrogen-bond donors (Lipinski definition) is 1. The Kier molecular flexibility index (Phi) is 4.75. The van der Waals surface area contributed by atoms with E-state index >= 15 is 0 Å². The van der Waals surface area contributed by atoms with Gasteiger partial charge in [0.2, 0.25) is 0 Å². The van der Waals surface area contributed by atoms with Crippen molar-refractivity contribution in [3.05, 3.63) is 46.2 Å². The maximum atomic E-state index is 12.4. The van der Waals surface area contributed by atoms with Gasteiger partial charge in [0.25, 0.3) is 10.0 Å². The van der Waals surface area contributed by atoms with Gasteiger partial charge in [-0.15, -0.1) is 0 Å². The van der Waals surface area contributed by atoms with Gasteiger partial charge < -0.3 is 4.90 Å². The Bertz CT molecular complexity index is 749. The van der Waals surface area contributed by atoms with Crippen LogP contribution in [-0.4, -0.2) is 27.5 Å². The number of halogens is 2. The fourth-order valence-corrected chi connectivity index (χ4v) is 3.19. The van der Waals surface area contributed by atoms with Gasteiger partial charge in [0.1, 0.15) is 10.0 Å². The number of anilines is 2. The Hall–Kier alpha value is -1.31. The van der Waals surface area contributed by atoms with Gasteiger partial charge in [-0.2, -0.15) is 0 Å². The zero-order valence-corrected chi connectivity index (χ0v) is 14.5. The molecule has 1 heterocycles. The summed E-state index contributed by atoms with van der Waals surface area (Å²) in [5, 5.41) is 0.241. The first-order valence-electron chi connectivity index (χ1n) is 5.91. The standard InChI is InChI=1S/C13H13BrClN3O2S/c1-18(2)12-5-3-9(14)7-11(12)17-21(19,20)10-4-6-13(15)16-8-10/h3-8,17H,1-2H3. The Morgan fingerprint density at radius 1 is 1.24 bits per heavy atom. The third kappa shape index (κ3) is 3.87. The summed E-state index contributed by atoms with van der Waals surface area (Å²) in [4.78, 5) is 5.66. The third-order valence-electron chi connectivity index (χ3n) is 2.70. The van der Waals surface area contributed by atoms with Crippen molar-refractivity contribution in [2.75, 3.05) is 23.7 Å². The second kappa shape index (κ2) is 6.21. The van der Waals surface area contributed by atoms with Gasteiger partial charge in [0.05, 0.1) is 11.4 Å². The van der Waals surface area contributed by atoms with Gasteiger partial charge >= 0.3 is 0 Å². The number of sulfonamides is 1. The lowest BCUT2D eigenvalue weighted by atomic mass is 10.2. The van der Waals surface area contributed by atoms with Crippen LogP contribution in [0.4, 0.5) is 11.4 Å². The van der Waals surface area contributed by atoms with Crippen molar-refractivity contribution in [2.24, 2.45) is 0 Å². The third-order valence-corrected chi connectivity index (χ3v) is 4.76. The van der Waals surface area contributed by atoms with E-state index in [1.165, 1.54) is 18.3 Å². The minimum Gasteiger partial charge on any atom is -0.376 e. The highest BCUT2D eigenvalue weighted by atomic mass is 79.9. The van der Waals surface area contributed by atoms with Crippen molar-refractivity contribution in [2.45, 2.75) is 4.90 Å². The average Bonchev–Trinajstić information content (AvgIpc) is 2.38. The number of aromatic nitrogens is 1. The molecule has 0 spiro atoms. The zero-order chi connectivity index (χ0) is 15.6. The lowest BCUT2D eigenvalue weighted by Gasteiger charge is -2.18.